The van der Waals surface area contributed by atoms with Crippen LogP contribution in [0.2, 0.25) is 0 Å². The molecule has 0 amide bonds. The molecule has 1 saturated heterocycles. The Bertz CT molecular complexity index is 433. The van der Waals surface area contributed by atoms with Gasteiger partial charge in [-0.1, -0.05) is 30.3 Å². The Morgan fingerprint density at radius 1 is 1.37 bits per heavy atom. The highest BCUT2D eigenvalue weighted by molar-refractivity contribution is 5.15. The minimum absolute atomic E-state index is 0.126. The van der Waals surface area contributed by atoms with Crippen LogP contribution in [-0.2, 0) is 6.54 Å². The van der Waals surface area contributed by atoms with E-state index in [0.717, 1.165) is 26.1 Å². The molecule has 0 bridgehead atoms. The van der Waals surface area contributed by atoms with Gasteiger partial charge in [-0.15, -0.1) is 0 Å². The van der Waals surface area contributed by atoms with Crippen molar-refractivity contribution in [2.45, 2.75) is 44.8 Å². The first kappa shape index (κ1) is 14.0. The fraction of sp³-hybridized carbons (Fsp3) is 0.562. The molecule has 1 unspecified atom stereocenters. The number of hydrogen-bond donors (Lipinski definition) is 1. The Morgan fingerprint density at radius 3 is 2.79 bits per heavy atom. The molecule has 1 fully saturated rings. The van der Waals surface area contributed by atoms with Crippen LogP contribution >= 0.6 is 0 Å². The van der Waals surface area contributed by atoms with E-state index in [1.54, 1.807) is 0 Å². The third-order valence-electron chi connectivity index (χ3n) is 4.03. The van der Waals surface area contributed by atoms with E-state index in [1.807, 2.05) is 6.07 Å². The van der Waals surface area contributed by atoms with E-state index >= 15 is 0 Å². The maximum Gasteiger partial charge on any atom is 0.0638 e. The molecule has 102 valence electrons. The van der Waals surface area contributed by atoms with Crippen molar-refractivity contribution in [3.8, 4) is 6.07 Å². The van der Waals surface area contributed by atoms with E-state index in [0.29, 0.717) is 12.5 Å². The normalized spacial score (nSPS) is 23.5. The molecule has 0 spiro atoms. The van der Waals surface area contributed by atoms with Gasteiger partial charge in [0, 0.05) is 24.7 Å². The Morgan fingerprint density at radius 2 is 2.11 bits per heavy atom. The summed E-state index contributed by atoms with van der Waals surface area (Å²) in [5.74, 6) is 0. The highest BCUT2D eigenvalue weighted by Crippen LogP contribution is 2.27. The maximum atomic E-state index is 9.06. The molecule has 1 N–H and O–H groups in total. The summed E-state index contributed by atoms with van der Waals surface area (Å²) in [6, 6.07) is 13.2. The van der Waals surface area contributed by atoms with Crippen LogP contribution in [0.15, 0.2) is 30.3 Å². The Labute approximate surface area is 116 Å². The zero-order valence-corrected chi connectivity index (χ0v) is 11.9. The first-order valence-corrected chi connectivity index (χ1v) is 7.02. The average molecular weight is 257 g/mol. The zero-order valence-electron chi connectivity index (χ0n) is 11.9. The molecule has 3 heteroatoms. The summed E-state index contributed by atoms with van der Waals surface area (Å²) in [5, 5.41) is 12.5. The number of rotatable bonds is 3. The molecule has 19 heavy (non-hydrogen) atoms. The number of nitriles is 1. The van der Waals surface area contributed by atoms with Gasteiger partial charge in [0.15, 0.2) is 0 Å². The van der Waals surface area contributed by atoms with Crippen LogP contribution in [0.4, 0.5) is 0 Å². The van der Waals surface area contributed by atoms with Gasteiger partial charge < -0.3 is 5.32 Å². The molecule has 1 atom stereocenters. The molecule has 1 aliphatic heterocycles. The Hall–Kier alpha value is -1.37. The first-order chi connectivity index (χ1) is 9.13. The molecular formula is C16H23N3. The molecule has 2 rings (SSSR count). The molecule has 1 heterocycles. The minimum Gasteiger partial charge on any atom is -0.315 e. The number of hydrogen-bond acceptors (Lipinski definition) is 3. The molecule has 0 aliphatic carbocycles. The summed E-state index contributed by atoms with van der Waals surface area (Å²) in [5.41, 5.74) is 1.45. The SMILES string of the molecule is CC1(C)CCNCC(CC#N)N1Cc1ccccc1. The summed E-state index contributed by atoms with van der Waals surface area (Å²) >= 11 is 0. The second-order valence-corrected chi connectivity index (χ2v) is 5.90. The standard InChI is InChI=1S/C16H23N3/c1-16(2)9-11-18-12-15(8-10-17)19(16)13-14-6-4-3-5-7-14/h3-7,15,18H,8-9,11-13H2,1-2H3. The van der Waals surface area contributed by atoms with Crippen molar-refractivity contribution in [1.82, 2.24) is 10.2 Å². The molecule has 3 nitrogen and oxygen atoms in total. The third-order valence-corrected chi connectivity index (χ3v) is 4.03. The van der Waals surface area contributed by atoms with Crippen molar-refractivity contribution in [2.75, 3.05) is 13.1 Å². The van der Waals surface area contributed by atoms with Gasteiger partial charge in [0.2, 0.25) is 0 Å². The predicted octanol–water partition coefficient (Wildman–Crippen LogP) is 2.54. The molecule has 0 aromatic heterocycles. The molecule has 0 saturated carbocycles. The average Bonchev–Trinajstić information content (AvgIpc) is 2.53. The fourth-order valence-corrected chi connectivity index (χ4v) is 2.82. The van der Waals surface area contributed by atoms with Gasteiger partial charge in [-0.2, -0.15) is 5.26 Å². The monoisotopic (exact) mass is 257 g/mol. The van der Waals surface area contributed by atoms with Crippen LogP contribution < -0.4 is 5.32 Å². The Balaban J connectivity index is 2.21. The van der Waals surface area contributed by atoms with E-state index in [1.165, 1.54) is 5.56 Å². The summed E-state index contributed by atoms with van der Waals surface area (Å²) < 4.78 is 0. The van der Waals surface area contributed by atoms with Crippen LogP contribution in [0.1, 0.15) is 32.3 Å². The van der Waals surface area contributed by atoms with Gasteiger partial charge in [0.25, 0.3) is 0 Å². The number of nitrogens with one attached hydrogen (secondary N) is 1. The molecule has 1 aliphatic rings. The van der Waals surface area contributed by atoms with E-state index in [9.17, 15) is 0 Å². The van der Waals surface area contributed by atoms with Gasteiger partial charge in [0.1, 0.15) is 0 Å². The molecule has 1 aromatic rings. The van der Waals surface area contributed by atoms with Crippen molar-refractivity contribution in [1.29, 1.82) is 5.26 Å². The van der Waals surface area contributed by atoms with Gasteiger partial charge >= 0.3 is 0 Å². The van der Waals surface area contributed by atoms with Crippen molar-refractivity contribution in [3.05, 3.63) is 35.9 Å². The van der Waals surface area contributed by atoms with E-state index in [4.69, 9.17) is 5.26 Å². The second-order valence-electron chi connectivity index (χ2n) is 5.90. The molecule has 1 aromatic carbocycles. The summed E-state index contributed by atoms with van der Waals surface area (Å²) in [7, 11) is 0. The van der Waals surface area contributed by atoms with E-state index in [2.05, 4.69) is 54.4 Å². The van der Waals surface area contributed by atoms with Crippen LogP contribution in [0.25, 0.3) is 0 Å². The van der Waals surface area contributed by atoms with Gasteiger partial charge in [-0.05, 0) is 32.4 Å². The highest BCUT2D eigenvalue weighted by atomic mass is 15.2. The quantitative estimate of drug-likeness (QED) is 0.904. The lowest BCUT2D eigenvalue weighted by Crippen LogP contribution is -2.49. The highest BCUT2D eigenvalue weighted by Gasteiger charge is 2.34. The van der Waals surface area contributed by atoms with Crippen LogP contribution in [0.5, 0.6) is 0 Å². The van der Waals surface area contributed by atoms with Crippen molar-refractivity contribution in [2.24, 2.45) is 0 Å². The van der Waals surface area contributed by atoms with Gasteiger partial charge in [-0.3, -0.25) is 4.90 Å². The summed E-state index contributed by atoms with van der Waals surface area (Å²) in [6.45, 7) is 7.42. The first-order valence-electron chi connectivity index (χ1n) is 7.02. The molecular weight excluding hydrogens is 234 g/mol. The fourth-order valence-electron chi connectivity index (χ4n) is 2.82. The lowest BCUT2D eigenvalue weighted by Gasteiger charge is -2.41. The van der Waals surface area contributed by atoms with Gasteiger partial charge in [-0.25, -0.2) is 0 Å². The molecule has 0 radical (unpaired) electrons. The largest absolute Gasteiger partial charge is 0.315 e. The van der Waals surface area contributed by atoms with E-state index < -0.39 is 0 Å². The number of nitrogens with zero attached hydrogens (tertiary/aromatic N) is 2. The second kappa shape index (κ2) is 6.18. The van der Waals surface area contributed by atoms with Crippen molar-refractivity contribution < 1.29 is 0 Å². The van der Waals surface area contributed by atoms with Crippen LogP contribution in [0.3, 0.4) is 0 Å². The summed E-state index contributed by atoms with van der Waals surface area (Å²) in [4.78, 5) is 2.49. The lowest BCUT2D eigenvalue weighted by atomic mass is 9.95. The number of benzene rings is 1. The Kier molecular flexibility index (Phi) is 4.57. The summed E-state index contributed by atoms with van der Waals surface area (Å²) in [6.07, 6.45) is 1.70. The van der Waals surface area contributed by atoms with Gasteiger partial charge in [0.05, 0.1) is 12.5 Å². The van der Waals surface area contributed by atoms with E-state index in [-0.39, 0.29) is 5.54 Å². The minimum atomic E-state index is 0.126. The van der Waals surface area contributed by atoms with Crippen molar-refractivity contribution in [3.63, 3.8) is 0 Å². The predicted molar refractivity (Wildman–Crippen MR) is 77.6 cm³/mol. The topological polar surface area (TPSA) is 39.1 Å². The maximum absolute atomic E-state index is 9.06. The van der Waals surface area contributed by atoms with Crippen molar-refractivity contribution >= 4 is 0 Å². The zero-order chi connectivity index (χ0) is 13.7. The lowest BCUT2D eigenvalue weighted by molar-refractivity contribution is 0.0707. The van der Waals surface area contributed by atoms with Crippen LogP contribution in [0, 0.1) is 11.3 Å². The van der Waals surface area contributed by atoms with Crippen LogP contribution in [-0.4, -0.2) is 29.6 Å². The smallest absolute Gasteiger partial charge is 0.0638 e. The third kappa shape index (κ3) is 3.56.